The number of morpholine rings is 1. The van der Waals surface area contributed by atoms with Crippen LogP contribution in [-0.2, 0) is 21.4 Å². The Balaban J connectivity index is 1.52. The molecular formula is C25H33N5O3. The van der Waals surface area contributed by atoms with E-state index < -0.39 is 0 Å². The quantitative estimate of drug-likeness (QED) is 0.617. The van der Waals surface area contributed by atoms with Crippen molar-refractivity contribution in [3.05, 3.63) is 59.9 Å². The molecule has 8 nitrogen and oxygen atoms in total. The normalized spacial score (nSPS) is 18.9. The second-order valence-electron chi connectivity index (χ2n) is 8.54. The predicted octanol–water partition coefficient (Wildman–Crippen LogP) is 2.27. The van der Waals surface area contributed by atoms with Gasteiger partial charge in [0, 0.05) is 52.3 Å². The molecule has 0 spiro atoms. The topological polar surface area (TPSA) is 70.4 Å². The number of nitrogens with zero attached hydrogens (tertiary/aromatic N) is 5. The lowest BCUT2D eigenvalue weighted by atomic mass is 10.0. The van der Waals surface area contributed by atoms with Crippen molar-refractivity contribution in [3.63, 3.8) is 0 Å². The van der Waals surface area contributed by atoms with Crippen LogP contribution in [0.5, 0.6) is 0 Å². The van der Waals surface area contributed by atoms with Gasteiger partial charge in [0.1, 0.15) is 6.54 Å². The molecule has 1 aromatic heterocycles. The Hall–Kier alpha value is -2.97. The highest BCUT2D eigenvalue weighted by Gasteiger charge is 2.34. The summed E-state index contributed by atoms with van der Waals surface area (Å²) in [4.78, 5) is 30.1. The zero-order valence-electron chi connectivity index (χ0n) is 19.5. The van der Waals surface area contributed by atoms with Crippen molar-refractivity contribution in [2.45, 2.75) is 25.8 Å². The number of ether oxygens (including phenoxy) is 1. The summed E-state index contributed by atoms with van der Waals surface area (Å²) >= 11 is 0. The Bertz CT molecular complexity index is 981. The Kier molecular flexibility index (Phi) is 7.57. The first-order valence-corrected chi connectivity index (χ1v) is 11.7. The van der Waals surface area contributed by atoms with Crippen molar-refractivity contribution in [1.82, 2.24) is 19.4 Å². The fraction of sp³-hybridized carbons (Fsp3) is 0.480. The zero-order valence-corrected chi connectivity index (χ0v) is 19.5. The van der Waals surface area contributed by atoms with Gasteiger partial charge in [0.25, 0.3) is 5.91 Å². The molecule has 0 saturated carbocycles. The van der Waals surface area contributed by atoms with E-state index in [2.05, 4.69) is 4.90 Å². The van der Waals surface area contributed by atoms with Gasteiger partial charge in [0.2, 0.25) is 5.91 Å². The summed E-state index contributed by atoms with van der Waals surface area (Å²) in [6.45, 7) is 6.27. The van der Waals surface area contributed by atoms with Crippen LogP contribution in [0, 0.1) is 0 Å². The molecule has 8 heteroatoms. The summed E-state index contributed by atoms with van der Waals surface area (Å²) in [7, 11) is 1.98. The van der Waals surface area contributed by atoms with Gasteiger partial charge >= 0.3 is 0 Å². The number of hydrazone groups is 1. The third-order valence-corrected chi connectivity index (χ3v) is 6.36. The lowest BCUT2D eigenvalue weighted by Crippen LogP contribution is -2.46. The van der Waals surface area contributed by atoms with Crippen LogP contribution < -0.4 is 0 Å². The number of benzene rings is 1. The molecule has 2 aromatic rings. The molecule has 176 valence electrons. The molecule has 0 bridgehead atoms. The Labute approximate surface area is 195 Å². The molecular weight excluding hydrogens is 418 g/mol. The molecule has 4 rings (SSSR count). The first-order chi connectivity index (χ1) is 16.1. The average Bonchev–Trinajstić information content (AvgIpc) is 3.48. The van der Waals surface area contributed by atoms with Gasteiger partial charge in [-0.2, -0.15) is 5.10 Å². The number of rotatable bonds is 8. The minimum Gasteiger partial charge on any atom is -0.379 e. The van der Waals surface area contributed by atoms with Crippen LogP contribution >= 0.6 is 0 Å². The number of hydrogen-bond acceptors (Lipinski definition) is 5. The van der Waals surface area contributed by atoms with E-state index in [0.29, 0.717) is 32.6 Å². The number of aromatic nitrogens is 1. The highest BCUT2D eigenvalue weighted by molar-refractivity contribution is 6.02. The highest BCUT2D eigenvalue weighted by Crippen LogP contribution is 2.32. The smallest absolute Gasteiger partial charge is 0.262 e. The van der Waals surface area contributed by atoms with E-state index in [0.717, 1.165) is 36.6 Å². The Morgan fingerprint density at radius 3 is 2.55 bits per heavy atom. The minimum absolute atomic E-state index is 0.0151. The monoisotopic (exact) mass is 451 g/mol. The van der Waals surface area contributed by atoms with Crippen molar-refractivity contribution in [2.24, 2.45) is 12.1 Å². The van der Waals surface area contributed by atoms with E-state index in [1.165, 1.54) is 0 Å². The van der Waals surface area contributed by atoms with Gasteiger partial charge in [-0.15, -0.1) is 0 Å². The third kappa shape index (κ3) is 5.51. The molecule has 0 N–H and O–H groups in total. The van der Waals surface area contributed by atoms with Crippen molar-refractivity contribution < 1.29 is 14.3 Å². The summed E-state index contributed by atoms with van der Waals surface area (Å²) in [5, 5.41) is 6.34. The van der Waals surface area contributed by atoms with Crippen LogP contribution in [0.3, 0.4) is 0 Å². The van der Waals surface area contributed by atoms with Gasteiger partial charge < -0.3 is 14.2 Å². The van der Waals surface area contributed by atoms with Crippen molar-refractivity contribution in [2.75, 3.05) is 45.9 Å². The maximum Gasteiger partial charge on any atom is 0.262 e. The van der Waals surface area contributed by atoms with Crippen molar-refractivity contribution >= 4 is 17.5 Å². The molecule has 2 amide bonds. The van der Waals surface area contributed by atoms with Gasteiger partial charge in [0.05, 0.1) is 30.7 Å². The van der Waals surface area contributed by atoms with Crippen LogP contribution in [0.1, 0.15) is 37.1 Å². The van der Waals surface area contributed by atoms with E-state index in [-0.39, 0.29) is 24.4 Å². The fourth-order valence-electron chi connectivity index (χ4n) is 4.43. The van der Waals surface area contributed by atoms with E-state index in [1.54, 1.807) is 9.91 Å². The predicted molar refractivity (Wildman–Crippen MR) is 127 cm³/mol. The molecule has 1 atom stereocenters. The Morgan fingerprint density at radius 2 is 1.88 bits per heavy atom. The summed E-state index contributed by atoms with van der Waals surface area (Å²) in [5.41, 5.74) is 2.92. The van der Waals surface area contributed by atoms with Crippen LogP contribution in [0.25, 0.3) is 0 Å². The first-order valence-electron chi connectivity index (χ1n) is 11.7. The zero-order chi connectivity index (χ0) is 23.2. The fourth-order valence-corrected chi connectivity index (χ4v) is 4.43. The third-order valence-electron chi connectivity index (χ3n) is 6.36. The van der Waals surface area contributed by atoms with E-state index >= 15 is 0 Å². The molecule has 0 unspecified atom stereocenters. The van der Waals surface area contributed by atoms with E-state index in [4.69, 9.17) is 9.84 Å². The molecule has 1 aromatic carbocycles. The van der Waals surface area contributed by atoms with Crippen LogP contribution in [0.4, 0.5) is 0 Å². The van der Waals surface area contributed by atoms with E-state index in [9.17, 15) is 9.59 Å². The Morgan fingerprint density at radius 1 is 1.12 bits per heavy atom. The average molecular weight is 452 g/mol. The number of hydrogen-bond donors (Lipinski definition) is 0. The number of carbonyl (C=O) groups excluding carboxylic acids is 2. The maximum atomic E-state index is 13.5. The minimum atomic E-state index is -0.179. The summed E-state index contributed by atoms with van der Waals surface area (Å²) in [5.74, 6) is -0.171. The second-order valence-corrected chi connectivity index (χ2v) is 8.54. The number of amides is 2. The molecule has 2 aliphatic rings. The number of aryl methyl sites for hydroxylation is 1. The second kappa shape index (κ2) is 10.8. The molecule has 2 aliphatic heterocycles. The van der Waals surface area contributed by atoms with E-state index in [1.807, 2.05) is 67.2 Å². The summed E-state index contributed by atoms with van der Waals surface area (Å²) in [6, 6.07) is 13.8. The molecule has 1 saturated heterocycles. The molecule has 33 heavy (non-hydrogen) atoms. The van der Waals surface area contributed by atoms with Crippen LogP contribution in [-0.4, -0.2) is 82.8 Å². The van der Waals surface area contributed by atoms with Gasteiger partial charge in [-0.1, -0.05) is 37.3 Å². The summed E-state index contributed by atoms with van der Waals surface area (Å²) < 4.78 is 7.43. The molecule has 1 fully saturated rings. The molecule has 0 radical (unpaired) electrons. The van der Waals surface area contributed by atoms with Gasteiger partial charge in [-0.05, 0) is 17.7 Å². The van der Waals surface area contributed by atoms with Crippen LogP contribution in [0.15, 0.2) is 53.8 Å². The molecule has 0 aliphatic carbocycles. The SMILES string of the molecule is CCC(=O)N(CCN1CCOCC1)CC(=O)N1N=C(c2cccn2C)C[C@H]1c1ccccc1. The van der Waals surface area contributed by atoms with Crippen molar-refractivity contribution in [3.8, 4) is 0 Å². The summed E-state index contributed by atoms with van der Waals surface area (Å²) in [6.07, 6.45) is 2.99. The molecule has 3 heterocycles. The van der Waals surface area contributed by atoms with Gasteiger partial charge in [-0.3, -0.25) is 14.5 Å². The van der Waals surface area contributed by atoms with Crippen LogP contribution in [0.2, 0.25) is 0 Å². The number of carbonyl (C=O) groups is 2. The first kappa shape index (κ1) is 23.2. The lowest BCUT2D eigenvalue weighted by molar-refractivity contribution is -0.141. The standard InChI is InChI=1S/C25H33N5O3/c1-3-24(31)29(13-12-28-14-16-33-17-15-28)19-25(32)30-23(20-8-5-4-6-9-20)18-21(26-30)22-10-7-11-27(22)2/h4-11,23H,3,12-19H2,1-2H3/t23-/m0/s1. The van der Waals surface area contributed by atoms with Gasteiger partial charge in [-0.25, -0.2) is 5.01 Å². The van der Waals surface area contributed by atoms with Crippen molar-refractivity contribution in [1.29, 1.82) is 0 Å². The maximum absolute atomic E-state index is 13.5. The van der Waals surface area contributed by atoms with Gasteiger partial charge in [0.15, 0.2) is 0 Å². The largest absolute Gasteiger partial charge is 0.379 e. The lowest BCUT2D eigenvalue weighted by Gasteiger charge is -2.31. The highest BCUT2D eigenvalue weighted by atomic mass is 16.5.